The van der Waals surface area contributed by atoms with Crippen LogP contribution in [-0.2, 0) is 16.1 Å². The fraction of sp³-hybridized carbons (Fsp3) is 0.167. The Labute approximate surface area is 149 Å². The number of carbonyl (C=O) groups is 2. The zero-order valence-electron chi connectivity index (χ0n) is 14.3. The zero-order chi connectivity index (χ0) is 18.5. The van der Waals surface area contributed by atoms with E-state index in [9.17, 15) is 9.59 Å². The number of nitrogens with one attached hydrogen (secondary N) is 1. The number of amides is 1. The van der Waals surface area contributed by atoms with Crippen LogP contribution in [0.4, 0.5) is 0 Å². The smallest absolute Gasteiger partial charge is 0.308 e. The summed E-state index contributed by atoms with van der Waals surface area (Å²) < 4.78 is 6.49. The van der Waals surface area contributed by atoms with Crippen molar-refractivity contribution in [3.63, 3.8) is 0 Å². The second kappa shape index (κ2) is 7.56. The van der Waals surface area contributed by atoms with Gasteiger partial charge in [-0.2, -0.15) is 5.10 Å². The Balaban J connectivity index is 1.63. The normalized spacial score (nSPS) is 11.4. The molecular formula is C18H17N5O3. The number of aromatic nitrogens is 3. The molecule has 1 amide bonds. The van der Waals surface area contributed by atoms with Crippen molar-refractivity contribution in [1.29, 1.82) is 0 Å². The summed E-state index contributed by atoms with van der Waals surface area (Å²) in [6.07, 6.45) is 0. The van der Waals surface area contributed by atoms with E-state index in [4.69, 9.17) is 4.74 Å². The fourth-order valence-electron chi connectivity index (χ4n) is 2.35. The molecule has 0 atom stereocenters. The standard InChI is InChI=1S/C18H17N5O3/c1-12(14-7-9-15(10-8-14)26-13(2)24)19-21-18(25)11-23-17-6-4-3-5-16(17)20-22-23/h3-10H,11H2,1-2H3,(H,21,25). The highest BCUT2D eigenvalue weighted by Crippen LogP contribution is 2.13. The fourth-order valence-corrected chi connectivity index (χ4v) is 2.35. The molecule has 3 aromatic rings. The maximum Gasteiger partial charge on any atom is 0.308 e. The predicted molar refractivity (Wildman–Crippen MR) is 95.6 cm³/mol. The summed E-state index contributed by atoms with van der Waals surface area (Å²) in [6, 6.07) is 14.3. The average molecular weight is 351 g/mol. The summed E-state index contributed by atoms with van der Waals surface area (Å²) in [5.41, 5.74) is 5.44. The van der Waals surface area contributed by atoms with E-state index in [1.165, 1.54) is 11.6 Å². The molecule has 0 radical (unpaired) electrons. The minimum Gasteiger partial charge on any atom is -0.427 e. The predicted octanol–water partition coefficient (Wildman–Crippen LogP) is 1.90. The third-order valence-electron chi connectivity index (χ3n) is 3.60. The average Bonchev–Trinajstić information content (AvgIpc) is 3.03. The van der Waals surface area contributed by atoms with Crippen molar-refractivity contribution in [1.82, 2.24) is 20.4 Å². The molecule has 2 aromatic carbocycles. The van der Waals surface area contributed by atoms with Crippen LogP contribution in [0.3, 0.4) is 0 Å². The Bertz CT molecular complexity index is 976. The summed E-state index contributed by atoms with van der Waals surface area (Å²) >= 11 is 0. The molecule has 3 rings (SSSR count). The van der Waals surface area contributed by atoms with E-state index < -0.39 is 0 Å². The highest BCUT2D eigenvalue weighted by Gasteiger charge is 2.08. The second-order valence-corrected chi connectivity index (χ2v) is 5.59. The molecule has 26 heavy (non-hydrogen) atoms. The quantitative estimate of drug-likeness (QED) is 0.328. The van der Waals surface area contributed by atoms with E-state index >= 15 is 0 Å². The van der Waals surface area contributed by atoms with Crippen LogP contribution < -0.4 is 10.2 Å². The third kappa shape index (κ3) is 4.10. The molecular weight excluding hydrogens is 334 g/mol. The lowest BCUT2D eigenvalue weighted by molar-refractivity contribution is -0.131. The Hall–Kier alpha value is -3.55. The van der Waals surface area contributed by atoms with E-state index in [1.54, 1.807) is 31.2 Å². The van der Waals surface area contributed by atoms with Crippen LogP contribution in [0.1, 0.15) is 19.4 Å². The van der Waals surface area contributed by atoms with Crippen LogP contribution in [0, 0.1) is 0 Å². The number of hydrogen-bond acceptors (Lipinski definition) is 6. The monoisotopic (exact) mass is 351 g/mol. The molecule has 1 heterocycles. The van der Waals surface area contributed by atoms with Gasteiger partial charge in [-0.1, -0.05) is 17.3 Å². The molecule has 132 valence electrons. The van der Waals surface area contributed by atoms with E-state index in [0.717, 1.165) is 16.6 Å². The number of rotatable bonds is 5. The SMILES string of the molecule is CC(=O)Oc1ccc(C(C)=NNC(=O)Cn2nnc3ccccc32)cc1. The molecule has 0 spiro atoms. The first kappa shape index (κ1) is 17.3. The maximum absolute atomic E-state index is 12.1. The number of nitrogens with zero attached hydrogens (tertiary/aromatic N) is 4. The minimum atomic E-state index is -0.379. The summed E-state index contributed by atoms with van der Waals surface area (Å²) in [4.78, 5) is 23.0. The molecule has 0 saturated carbocycles. The highest BCUT2D eigenvalue weighted by molar-refractivity contribution is 5.99. The number of ether oxygens (including phenoxy) is 1. The van der Waals surface area contributed by atoms with E-state index in [0.29, 0.717) is 11.5 Å². The zero-order valence-corrected chi connectivity index (χ0v) is 14.3. The first-order valence-corrected chi connectivity index (χ1v) is 7.93. The number of carbonyl (C=O) groups excluding carboxylic acids is 2. The van der Waals surface area contributed by atoms with Crippen LogP contribution in [-0.4, -0.2) is 32.6 Å². The first-order chi connectivity index (χ1) is 12.5. The Kier molecular flexibility index (Phi) is 5.02. The van der Waals surface area contributed by atoms with Gasteiger partial charge in [0.15, 0.2) is 0 Å². The summed E-state index contributed by atoms with van der Waals surface area (Å²) in [5.74, 6) is -0.233. The molecule has 1 N–H and O–H groups in total. The number of hydrogen-bond donors (Lipinski definition) is 1. The molecule has 0 aliphatic heterocycles. The largest absolute Gasteiger partial charge is 0.427 e. The highest BCUT2D eigenvalue weighted by atomic mass is 16.5. The van der Waals surface area contributed by atoms with Crippen molar-refractivity contribution in [2.75, 3.05) is 0 Å². The van der Waals surface area contributed by atoms with Gasteiger partial charge >= 0.3 is 5.97 Å². The molecule has 0 bridgehead atoms. The molecule has 0 aliphatic rings. The molecule has 0 saturated heterocycles. The van der Waals surface area contributed by atoms with E-state index in [1.807, 2.05) is 24.3 Å². The summed E-state index contributed by atoms with van der Waals surface area (Å²) in [7, 11) is 0. The summed E-state index contributed by atoms with van der Waals surface area (Å²) in [6.45, 7) is 3.13. The van der Waals surface area contributed by atoms with Crippen LogP contribution in [0.5, 0.6) is 5.75 Å². The van der Waals surface area contributed by atoms with Crippen molar-refractivity contribution in [3.8, 4) is 5.75 Å². The topological polar surface area (TPSA) is 98.5 Å². The van der Waals surface area contributed by atoms with Crippen molar-refractivity contribution in [2.24, 2.45) is 5.10 Å². The Morgan fingerprint density at radius 1 is 1.12 bits per heavy atom. The van der Waals surface area contributed by atoms with Gasteiger partial charge in [-0.15, -0.1) is 5.10 Å². The molecule has 1 aromatic heterocycles. The third-order valence-corrected chi connectivity index (χ3v) is 3.60. The van der Waals surface area contributed by atoms with Crippen LogP contribution in [0.2, 0.25) is 0 Å². The van der Waals surface area contributed by atoms with Crippen molar-refractivity contribution >= 4 is 28.6 Å². The maximum atomic E-state index is 12.1. The van der Waals surface area contributed by atoms with Gasteiger partial charge in [0.2, 0.25) is 0 Å². The second-order valence-electron chi connectivity index (χ2n) is 5.59. The van der Waals surface area contributed by atoms with Crippen molar-refractivity contribution in [2.45, 2.75) is 20.4 Å². The van der Waals surface area contributed by atoms with E-state index in [2.05, 4.69) is 20.8 Å². The first-order valence-electron chi connectivity index (χ1n) is 7.93. The molecule has 0 aliphatic carbocycles. The van der Waals surface area contributed by atoms with Gasteiger partial charge in [-0.3, -0.25) is 9.59 Å². The van der Waals surface area contributed by atoms with Gasteiger partial charge in [0, 0.05) is 6.92 Å². The number of para-hydroxylation sites is 1. The van der Waals surface area contributed by atoms with Gasteiger partial charge in [-0.05, 0) is 48.9 Å². The number of fused-ring (bicyclic) bond motifs is 1. The number of benzene rings is 2. The van der Waals surface area contributed by atoms with Gasteiger partial charge in [0.05, 0.1) is 11.2 Å². The number of esters is 1. The lowest BCUT2D eigenvalue weighted by Gasteiger charge is -2.05. The minimum absolute atomic E-state index is 0.0166. The van der Waals surface area contributed by atoms with Crippen molar-refractivity contribution < 1.29 is 14.3 Å². The van der Waals surface area contributed by atoms with Crippen LogP contribution in [0.15, 0.2) is 53.6 Å². The number of hydrazone groups is 1. The van der Waals surface area contributed by atoms with Crippen LogP contribution in [0.25, 0.3) is 11.0 Å². The van der Waals surface area contributed by atoms with E-state index in [-0.39, 0.29) is 18.4 Å². The van der Waals surface area contributed by atoms with Gasteiger partial charge in [-0.25, -0.2) is 10.1 Å². The summed E-state index contributed by atoms with van der Waals surface area (Å²) in [5, 5.41) is 12.1. The Morgan fingerprint density at radius 3 is 2.58 bits per heavy atom. The lowest BCUT2D eigenvalue weighted by Crippen LogP contribution is -2.24. The van der Waals surface area contributed by atoms with Gasteiger partial charge < -0.3 is 4.74 Å². The van der Waals surface area contributed by atoms with Gasteiger partial charge in [0.25, 0.3) is 5.91 Å². The Morgan fingerprint density at radius 2 is 1.85 bits per heavy atom. The van der Waals surface area contributed by atoms with Gasteiger partial charge in [0.1, 0.15) is 17.8 Å². The van der Waals surface area contributed by atoms with Crippen molar-refractivity contribution in [3.05, 3.63) is 54.1 Å². The molecule has 8 nitrogen and oxygen atoms in total. The molecule has 8 heteroatoms. The molecule has 0 unspecified atom stereocenters. The molecule has 0 fully saturated rings. The van der Waals surface area contributed by atoms with Crippen LogP contribution >= 0.6 is 0 Å². The lowest BCUT2D eigenvalue weighted by atomic mass is 10.1.